The quantitative estimate of drug-likeness (QED) is 0.943. The minimum absolute atomic E-state index is 0.0201. The van der Waals surface area contributed by atoms with Gasteiger partial charge >= 0.3 is 6.03 Å². The van der Waals surface area contributed by atoms with Gasteiger partial charge in [-0.3, -0.25) is 0 Å². The van der Waals surface area contributed by atoms with Crippen LogP contribution < -0.4 is 5.32 Å². The Morgan fingerprint density at radius 1 is 1.21 bits per heavy atom. The number of nitrogens with one attached hydrogen (secondary N) is 1. The van der Waals surface area contributed by atoms with Crippen LogP contribution in [0, 0.1) is 11.8 Å². The van der Waals surface area contributed by atoms with Gasteiger partial charge in [-0.25, -0.2) is 9.48 Å². The van der Waals surface area contributed by atoms with Gasteiger partial charge in [-0.05, 0) is 43.2 Å². The number of fused-ring (bicyclic) bond motifs is 2. The van der Waals surface area contributed by atoms with E-state index < -0.39 is 0 Å². The number of rotatable bonds is 3. The molecule has 2 heterocycles. The summed E-state index contributed by atoms with van der Waals surface area (Å²) >= 11 is 0. The highest BCUT2D eigenvalue weighted by Crippen LogP contribution is 2.38. The molecule has 2 fully saturated rings. The fourth-order valence-corrected chi connectivity index (χ4v) is 4.04. The van der Waals surface area contributed by atoms with Crippen LogP contribution in [0.4, 0.5) is 10.5 Å². The highest BCUT2D eigenvalue weighted by Gasteiger charge is 2.43. The maximum absolute atomic E-state index is 12.6. The second kappa shape index (κ2) is 6.28. The monoisotopic (exact) mass is 326 g/mol. The number of amides is 2. The second-order valence-electron chi connectivity index (χ2n) is 6.63. The molecule has 1 aromatic carbocycles. The summed E-state index contributed by atoms with van der Waals surface area (Å²) < 4.78 is 7.40. The van der Waals surface area contributed by atoms with Crippen LogP contribution in [0.2, 0.25) is 0 Å². The number of anilines is 1. The zero-order valence-electron chi connectivity index (χ0n) is 13.8. The van der Waals surface area contributed by atoms with Crippen molar-refractivity contribution < 1.29 is 9.53 Å². The molecule has 1 aromatic heterocycles. The summed E-state index contributed by atoms with van der Waals surface area (Å²) in [5.74, 6) is 0.948. The zero-order valence-corrected chi connectivity index (χ0v) is 13.8. The molecule has 2 aromatic rings. The summed E-state index contributed by atoms with van der Waals surface area (Å²) in [6, 6.07) is 9.57. The van der Waals surface area contributed by atoms with Crippen molar-refractivity contribution in [3.05, 3.63) is 42.7 Å². The third-order valence-electron chi connectivity index (χ3n) is 5.19. The summed E-state index contributed by atoms with van der Waals surface area (Å²) in [6.45, 7) is 1.57. The van der Waals surface area contributed by atoms with Crippen LogP contribution in [0.3, 0.4) is 0 Å². The number of aromatic nitrogens is 2. The van der Waals surface area contributed by atoms with E-state index in [4.69, 9.17) is 4.74 Å². The van der Waals surface area contributed by atoms with Crippen LogP contribution in [-0.4, -0.2) is 47.0 Å². The molecule has 126 valence electrons. The molecule has 6 heteroatoms. The first-order valence-corrected chi connectivity index (χ1v) is 8.43. The van der Waals surface area contributed by atoms with Gasteiger partial charge in [-0.15, -0.1) is 0 Å². The van der Waals surface area contributed by atoms with E-state index in [0.717, 1.165) is 37.3 Å². The molecule has 1 aliphatic carbocycles. The van der Waals surface area contributed by atoms with Crippen molar-refractivity contribution in [3.8, 4) is 5.69 Å². The molecule has 2 amide bonds. The fourth-order valence-electron chi connectivity index (χ4n) is 4.04. The average molecular weight is 326 g/mol. The van der Waals surface area contributed by atoms with Crippen molar-refractivity contribution in [2.75, 3.05) is 25.5 Å². The zero-order chi connectivity index (χ0) is 16.5. The maximum atomic E-state index is 12.6. The lowest BCUT2D eigenvalue weighted by Crippen LogP contribution is -2.49. The number of hydrogen-bond acceptors (Lipinski definition) is 3. The minimum Gasteiger partial charge on any atom is -0.381 e. The number of nitrogens with zero attached hydrogens (tertiary/aromatic N) is 3. The number of hydrogen-bond donors (Lipinski definition) is 1. The normalized spacial score (nSPS) is 25.7. The van der Waals surface area contributed by atoms with Gasteiger partial charge in [0, 0.05) is 50.1 Å². The summed E-state index contributed by atoms with van der Waals surface area (Å²) in [5.41, 5.74) is 1.77. The Kier molecular flexibility index (Phi) is 3.98. The highest BCUT2D eigenvalue weighted by atomic mass is 16.5. The van der Waals surface area contributed by atoms with Crippen molar-refractivity contribution in [3.63, 3.8) is 0 Å². The van der Waals surface area contributed by atoms with E-state index in [1.807, 2.05) is 41.4 Å². The van der Waals surface area contributed by atoms with Crippen LogP contribution in [0.5, 0.6) is 0 Å². The lowest BCUT2D eigenvalue weighted by atomic mass is 9.95. The summed E-state index contributed by atoms with van der Waals surface area (Å²) in [6.07, 6.45) is 6.27. The van der Waals surface area contributed by atoms with Crippen molar-refractivity contribution in [1.82, 2.24) is 14.7 Å². The van der Waals surface area contributed by atoms with Gasteiger partial charge in [0.15, 0.2) is 0 Å². The molecule has 3 atom stereocenters. The van der Waals surface area contributed by atoms with E-state index in [0.29, 0.717) is 17.9 Å². The van der Waals surface area contributed by atoms with Crippen LogP contribution >= 0.6 is 0 Å². The summed E-state index contributed by atoms with van der Waals surface area (Å²) in [5, 5.41) is 7.20. The molecule has 4 rings (SSSR count). The van der Waals surface area contributed by atoms with Gasteiger partial charge in [-0.2, -0.15) is 5.10 Å². The number of methoxy groups -OCH3 is 1. The van der Waals surface area contributed by atoms with Gasteiger partial charge in [0.2, 0.25) is 0 Å². The maximum Gasteiger partial charge on any atom is 0.321 e. The smallest absolute Gasteiger partial charge is 0.321 e. The van der Waals surface area contributed by atoms with Crippen molar-refractivity contribution in [2.45, 2.75) is 18.9 Å². The number of ether oxygens (including phenoxy) is 1. The van der Waals surface area contributed by atoms with E-state index in [9.17, 15) is 4.79 Å². The average Bonchev–Trinajstić information content (AvgIpc) is 3.21. The van der Waals surface area contributed by atoms with E-state index in [2.05, 4.69) is 10.4 Å². The lowest BCUT2D eigenvalue weighted by Gasteiger charge is -2.37. The van der Waals surface area contributed by atoms with E-state index in [-0.39, 0.29) is 6.03 Å². The number of benzene rings is 1. The molecule has 2 aliphatic rings. The number of carbonyl (C=O) groups is 1. The van der Waals surface area contributed by atoms with Crippen LogP contribution in [-0.2, 0) is 4.74 Å². The van der Waals surface area contributed by atoms with E-state index in [1.165, 1.54) is 0 Å². The molecule has 2 bridgehead atoms. The van der Waals surface area contributed by atoms with Gasteiger partial charge in [0.05, 0.1) is 11.8 Å². The Bertz CT molecular complexity index is 684. The first-order valence-electron chi connectivity index (χ1n) is 8.43. The molecule has 1 saturated heterocycles. The Morgan fingerprint density at radius 3 is 2.50 bits per heavy atom. The van der Waals surface area contributed by atoms with Gasteiger partial charge < -0.3 is 15.0 Å². The summed E-state index contributed by atoms with van der Waals surface area (Å²) in [7, 11) is 1.78. The highest BCUT2D eigenvalue weighted by molar-refractivity contribution is 5.89. The number of piperidine rings is 1. The fraction of sp³-hybridized carbons (Fsp3) is 0.444. The molecule has 1 N–H and O–H groups in total. The third kappa shape index (κ3) is 2.78. The minimum atomic E-state index is -0.0201. The van der Waals surface area contributed by atoms with Gasteiger partial charge in [0.1, 0.15) is 0 Å². The number of urea groups is 1. The molecule has 0 spiro atoms. The Hall–Kier alpha value is -2.34. The molecule has 0 radical (unpaired) electrons. The Labute approximate surface area is 141 Å². The first kappa shape index (κ1) is 15.2. The molecule has 1 unspecified atom stereocenters. The first-order chi connectivity index (χ1) is 11.7. The molecule has 1 saturated carbocycles. The largest absolute Gasteiger partial charge is 0.381 e. The number of likely N-dealkylation sites (tertiary alicyclic amines) is 1. The Morgan fingerprint density at radius 2 is 1.92 bits per heavy atom. The second-order valence-corrected chi connectivity index (χ2v) is 6.63. The van der Waals surface area contributed by atoms with Crippen molar-refractivity contribution in [1.29, 1.82) is 0 Å². The molecular formula is C18H22N4O2. The molecule has 24 heavy (non-hydrogen) atoms. The predicted molar refractivity (Wildman–Crippen MR) is 91.2 cm³/mol. The number of carbonyl (C=O) groups excluding carboxylic acids is 1. The van der Waals surface area contributed by atoms with Crippen LogP contribution in [0.15, 0.2) is 42.7 Å². The summed E-state index contributed by atoms with van der Waals surface area (Å²) in [4.78, 5) is 14.5. The third-order valence-corrected chi connectivity index (χ3v) is 5.19. The standard InChI is InChI=1S/C18H22N4O2/c1-24-17-13-3-4-14(17)12-21(11-13)18(23)20-15-5-7-16(8-6-15)22-10-2-9-19-22/h2,5-10,13-14,17H,3-4,11-12H2,1H3,(H,20,23)/t13-,14+,17?. The molecule has 1 aliphatic heterocycles. The van der Waals surface area contributed by atoms with Gasteiger partial charge in [0.25, 0.3) is 0 Å². The van der Waals surface area contributed by atoms with Gasteiger partial charge in [-0.1, -0.05) is 0 Å². The topological polar surface area (TPSA) is 59.4 Å². The van der Waals surface area contributed by atoms with Crippen LogP contribution in [0.25, 0.3) is 5.69 Å². The Balaban J connectivity index is 1.40. The predicted octanol–water partition coefficient (Wildman–Crippen LogP) is 2.76. The van der Waals surface area contributed by atoms with Crippen LogP contribution in [0.1, 0.15) is 12.8 Å². The van der Waals surface area contributed by atoms with Crippen molar-refractivity contribution in [2.24, 2.45) is 11.8 Å². The van der Waals surface area contributed by atoms with E-state index >= 15 is 0 Å². The van der Waals surface area contributed by atoms with Crippen molar-refractivity contribution >= 4 is 11.7 Å². The van der Waals surface area contributed by atoms with E-state index in [1.54, 1.807) is 18.0 Å². The SMILES string of the molecule is COC1[C@@H]2CC[C@H]1CN(C(=O)Nc1ccc(-n3cccn3)cc1)C2. The molecular weight excluding hydrogens is 304 g/mol. The lowest BCUT2D eigenvalue weighted by molar-refractivity contribution is -0.00364. The molecule has 6 nitrogen and oxygen atoms in total.